The number of piperazine rings is 1. The fourth-order valence-corrected chi connectivity index (χ4v) is 4.36. The van der Waals surface area contributed by atoms with Gasteiger partial charge in [0, 0.05) is 28.2 Å². The van der Waals surface area contributed by atoms with Gasteiger partial charge in [-0.25, -0.2) is 0 Å². The molecule has 1 aromatic carbocycles. The van der Waals surface area contributed by atoms with Gasteiger partial charge in [0.15, 0.2) is 0 Å². The Morgan fingerprint density at radius 1 is 1.29 bits per heavy atom. The molecule has 2 aliphatic rings. The van der Waals surface area contributed by atoms with Crippen molar-refractivity contribution in [3.63, 3.8) is 0 Å². The molecule has 5 heteroatoms. The Bertz CT molecular complexity index is 535. The molecular formula is C16H20ClIN2O. The van der Waals surface area contributed by atoms with Crippen LogP contribution in [0.1, 0.15) is 42.5 Å². The van der Waals surface area contributed by atoms with Gasteiger partial charge in [0.05, 0.1) is 11.1 Å². The Morgan fingerprint density at radius 3 is 2.81 bits per heavy atom. The number of hydrogen-bond donors (Lipinski definition) is 1. The van der Waals surface area contributed by atoms with Crippen LogP contribution < -0.4 is 5.32 Å². The predicted molar refractivity (Wildman–Crippen MR) is 93.9 cm³/mol. The highest BCUT2D eigenvalue weighted by atomic mass is 127. The predicted octanol–water partition coefficient (Wildman–Crippen LogP) is 3.69. The van der Waals surface area contributed by atoms with Crippen molar-refractivity contribution in [2.45, 2.75) is 37.6 Å². The molecule has 0 aromatic heterocycles. The lowest BCUT2D eigenvalue weighted by Gasteiger charge is -2.50. The molecule has 2 fully saturated rings. The van der Waals surface area contributed by atoms with Crippen molar-refractivity contribution in [1.82, 2.24) is 10.2 Å². The standard InChI is InChI=1S/C16H20ClIN2O/c17-12-4-5-14(18)13(10-12)15(21)20-9-8-19-11-16(20)6-2-1-3-7-16/h4-5,10,19H,1-3,6-9,11H2. The van der Waals surface area contributed by atoms with E-state index < -0.39 is 0 Å². The van der Waals surface area contributed by atoms with E-state index in [0.717, 1.165) is 41.6 Å². The van der Waals surface area contributed by atoms with Crippen LogP contribution in [0, 0.1) is 3.57 Å². The number of rotatable bonds is 1. The van der Waals surface area contributed by atoms with E-state index in [1.54, 1.807) is 0 Å². The molecule has 1 saturated carbocycles. The van der Waals surface area contributed by atoms with E-state index in [9.17, 15) is 4.79 Å². The number of hydrogen-bond acceptors (Lipinski definition) is 2. The summed E-state index contributed by atoms with van der Waals surface area (Å²) >= 11 is 8.32. The van der Waals surface area contributed by atoms with Crippen LogP contribution in [0.3, 0.4) is 0 Å². The molecule has 1 saturated heterocycles. The summed E-state index contributed by atoms with van der Waals surface area (Å²) in [6.45, 7) is 2.60. The summed E-state index contributed by atoms with van der Waals surface area (Å²) in [5.74, 6) is 0.144. The molecule has 1 aliphatic carbocycles. The summed E-state index contributed by atoms with van der Waals surface area (Å²) in [6.07, 6.45) is 5.96. The number of benzene rings is 1. The number of halogens is 2. The van der Waals surface area contributed by atoms with Crippen molar-refractivity contribution in [3.05, 3.63) is 32.4 Å². The van der Waals surface area contributed by atoms with Crippen molar-refractivity contribution < 1.29 is 4.79 Å². The maximum atomic E-state index is 13.1. The van der Waals surface area contributed by atoms with Gasteiger partial charge in [-0.15, -0.1) is 0 Å². The summed E-state index contributed by atoms with van der Waals surface area (Å²) in [5, 5.41) is 4.12. The normalized spacial score (nSPS) is 21.5. The smallest absolute Gasteiger partial charge is 0.255 e. The van der Waals surface area contributed by atoms with Gasteiger partial charge in [-0.1, -0.05) is 30.9 Å². The first kappa shape index (κ1) is 15.6. The van der Waals surface area contributed by atoms with Gasteiger partial charge in [0.1, 0.15) is 0 Å². The second-order valence-corrected chi connectivity index (χ2v) is 7.64. The van der Waals surface area contributed by atoms with Crippen molar-refractivity contribution in [3.8, 4) is 0 Å². The quantitative estimate of drug-likeness (QED) is 0.706. The van der Waals surface area contributed by atoms with Crippen molar-refractivity contribution >= 4 is 40.1 Å². The Morgan fingerprint density at radius 2 is 2.05 bits per heavy atom. The lowest BCUT2D eigenvalue weighted by atomic mass is 9.78. The third-order valence-corrected chi connectivity index (χ3v) is 5.90. The minimum Gasteiger partial charge on any atom is -0.330 e. The molecule has 0 radical (unpaired) electrons. The van der Waals surface area contributed by atoms with Gasteiger partial charge < -0.3 is 10.2 Å². The van der Waals surface area contributed by atoms with E-state index in [-0.39, 0.29) is 11.4 Å². The van der Waals surface area contributed by atoms with Crippen LogP contribution in [-0.4, -0.2) is 36.0 Å². The van der Waals surface area contributed by atoms with E-state index in [1.165, 1.54) is 19.3 Å². The van der Waals surface area contributed by atoms with Crippen LogP contribution in [0.25, 0.3) is 0 Å². The zero-order chi connectivity index (χ0) is 14.9. The number of nitrogens with zero attached hydrogens (tertiary/aromatic N) is 1. The summed E-state index contributed by atoms with van der Waals surface area (Å²) in [6, 6.07) is 5.57. The molecule has 1 spiro atoms. The van der Waals surface area contributed by atoms with Gasteiger partial charge in [-0.2, -0.15) is 0 Å². The molecule has 1 amide bonds. The SMILES string of the molecule is O=C(c1cc(Cl)ccc1I)N1CCNCC12CCCCC2. The molecule has 0 bridgehead atoms. The highest BCUT2D eigenvalue weighted by Gasteiger charge is 2.42. The van der Waals surface area contributed by atoms with Crippen LogP contribution >= 0.6 is 34.2 Å². The van der Waals surface area contributed by atoms with E-state index in [2.05, 4.69) is 32.8 Å². The third-order valence-electron chi connectivity index (χ3n) is 4.73. The monoisotopic (exact) mass is 418 g/mol. The van der Waals surface area contributed by atoms with Gasteiger partial charge in [-0.3, -0.25) is 4.79 Å². The lowest BCUT2D eigenvalue weighted by Crippen LogP contribution is -2.63. The number of carbonyl (C=O) groups excluding carboxylic acids is 1. The molecule has 1 heterocycles. The highest BCUT2D eigenvalue weighted by molar-refractivity contribution is 14.1. The molecule has 1 N–H and O–H groups in total. The highest BCUT2D eigenvalue weighted by Crippen LogP contribution is 2.36. The summed E-state index contributed by atoms with van der Waals surface area (Å²) < 4.78 is 0.978. The Labute approximate surface area is 144 Å². The van der Waals surface area contributed by atoms with E-state index >= 15 is 0 Å². The molecule has 0 atom stereocenters. The van der Waals surface area contributed by atoms with Crippen molar-refractivity contribution in [2.24, 2.45) is 0 Å². The minimum atomic E-state index is 0.0129. The Balaban J connectivity index is 1.92. The molecule has 1 aromatic rings. The summed E-state index contributed by atoms with van der Waals surface area (Å²) in [5.41, 5.74) is 0.758. The molecule has 3 rings (SSSR count). The second-order valence-electron chi connectivity index (χ2n) is 6.04. The van der Waals surface area contributed by atoms with Crippen LogP contribution in [-0.2, 0) is 0 Å². The maximum Gasteiger partial charge on any atom is 0.255 e. The second kappa shape index (κ2) is 6.42. The van der Waals surface area contributed by atoms with Crippen LogP contribution in [0.5, 0.6) is 0 Å². The first-order chi connectivity index (χ1) is 10.1. The van der Waals surface area contributed by atoms with Crippen LogP contribution in [0.2, 0.25) is 5.02 Å². The minimum absolute atomic E-state index is 0.0129. The fraction of sp³-hybridized carbons (Fsp3) is 0.562. The number of amides is 1. The molecule has 1 aliphatic heterocycles. The maximum absolute atomic E-state index is 13.1. The van der Waals surface area contributed by atoms with Gasteiger partial charge >= 0.3 is 0 Å². The largest absolute Gasteiger partial charge is 0.330 e. The first-order valence-corrected chi connectivity index (χ1v) is 9.06. The number of nitrogens with one attached hydrogen (secondary N) is 1. The van der Waals surface area contributed by atoms with Gasteiger partial charge in [0.25, 0.3) is 5.91 Å². The first-order valence-electron chi connectivity index (χ1n) is 7.60. The summed E-state index contributed by atoms with van der Waals surface area (Å²) in [7, 11) is 0. The van der Waals surface area contributed by atoms with E-state index in [4.69, 9.17) is 11.6 Å². The molecule has 3 nitrogen and oxygen atoms in total. The lowest BCUT2D eigenvalue weighted by molar-refractivity contribution is 0.0221. The average molecular weight is 419 g/mol. The molecule has 114 valence electrons. The van der Waals surface area contributed by atoms with Crippen LogP contribution in [0.4, 0.5) is 0 Å². The third kappa shape index (κ3) is 3.08. The zero-order valence-electron chi connectivity index (χ0n) is 12.0. The van der Waals surface area contributed by atoms with Gasteiger partial charge in [0.2, 0.25) is 0 Å². The topological polar surface area (TPSA) is 32.3 Å². The summed E-state index contributed by atoms with van der Waals surface area (Å²) in [4.78, 5) is 15.2. The van der Waals surface area contributed by atoms with E-state index in [0.29, 0.717) is 5.02 Å². The van der Waals surface area contributed by atoms with Gasteiger partial charge in [-0.05, 0) is 53.6 Å². The molecule has 21 heavy (non-hydrogen) atoms. The zero-order valence-corrected chi connectivity index (χ0v) is 14.9. The Kier molecular flexibility index (Phi) is 4.76. The average Bonchev–Trinajstić information content (AvgIpc) is 2.50. The Hall–Kier alpha value is -0.330. The molecule has 0 unspecified atom stereocenters. The molecular weight excluding hydrogens is 399 g/mol. The van der Waals surface area contributed by atoms with E-state index in [1.807, 2.05) is 18.2 Å². The van der Waals surface area contributed by atoms with Crippen molar-refractivity contribution in [1.29, 1.82) is 0 Å². The van der Waals surface area contributed by atoms with Crippen LogP contribution in [0.15, 0.2) is 18.2 Å². The fourth-order valence-electron chi connectivity index (χ4n) is 3.62. The van der Waals surface area contributed by atoms with Crippen molar-refractivity contribution in [2.75, 3.05) is 19.6 Å². The number of carbonyl (C=O) groups is 1.